The van der Waals surface area contributed by atoms with Crippen molar-refractivity contribution >= 4 is 0 Å². The third-order valence-electron chi connectivity index (χ3n) is 3.97. The summed E-state index contributed by atoms with van der Waals surface area (Å²) in [7, 11) is 0. The average molecular weight is 251 g/mol. The molecule has 1 aromatic heterocycles. The molecule has 5 nitrogen and oxygen atoms in total. The molecule has 100 valence electrons. The summed E-state index contributed by atoms with van der Waals surface area (Å²) in [6.45, 7) is 2.11. The van der Waals surface area contributed by atoms with E-state index in [4.69, 9.17) is 9.63 Å². The molecular formula is C13H21N3O2. The first-order valence-electron chi connectivity index (χ1n) is 7.04. The van der Waals surface area contributed by atoms with Crippen molar-refractivity contribution in [3.8, 4) is 0 Å². The summed E-state index contributed by atoms with van der Waals surface area (Å²) in [5.74, 6) is 2.16. The fraction of sp³-hybridized carbons (Fsp3) is 0.846. The first kappa shape index (κ1) is 12.1. The van der Waals surface area contributed by atoms with Gasteiger partial charge in [-0.05, 0) is 38.6 Å². The van der Waals surface area contributed by atoms with E-state index in [0.717, 1.165) is 31.2 Å². The van der Waals surface area contributed by atoms with Gasteiger partial charge in [-0.25, -0.2) is 0 Å². The smallest absolute Gasteiger partial charge is 0.229 e. The molecule has 0 radical (unpaired) electrons. The fourth-order valence-electron chi connectivity index (χ4n) is 2.75. The lowest BCUT2D eigenvalue weighted by atomic mass is 10.00. The molecule has 3 rings (SSSR count). The lowest BCUT2D eigenvalue weighted by Gasteiger charge is -2.34. The van der Waals surface area contributed by atoms with Crippen LogP contribution in [0.15, 0.2) is 4.52 Å². The van der Waals surface area contributed by atoms with Gasteiger partial charge in [0, 0.05) is 18.6 Å². The first-order valence-corrected chi connectivity index (χ1v) is 7.04. The molecule has 2 fully saturated rings. The third-order valence-corrected chi connectivity index (χ3v) is 3.97. The molecule has 0 aromatic carbocycles. The minimum atomic E-state index is 0.265. The summed E-state index contributed by atoms with van der Waals surface area (Å²) >= 11 is 0. The minimum absolute atomic E-state index is 0.265. The standard InChI is InChI=1S/C13H21N3O2/c17-8-6-11-3-1-2-7-16(11)9-12-14-13(18-15-12)10-4-5-10/h10-11,17H,1-9H2. The molecule has 2 heterocycles. The molecule has 1 aromatic rings. The van der Waals surface area contributed by atoms with Crippen molar-refractivity contribution in [2.75, 3.05) is 13.2 Å². The molecule has 0 bridgehead atoms. The van der Waals surface area contributed by atoms with Crippen molar-refractivity contribution < 1.29 is 9.63 Å². The number of aliphatic hydroxyl groups excluding tert-OH is 1. The van der Waals surface area contributed by atoms with Crippen LogP contribution >= 0.6 is 0 Å². The van der Waals surface area contributed by atoms with Gasteiger partial charge in [0.25, 0.3) is 0 Å². The van der Waals surface area contributed by atoms with Crippen molar-refractivity contribution in [2.45, 2.75) is 57.0 Å². The van der Waals surface area contributed by atoms with E-state index in [0.29, 0.717) is 12.0 Å². The summed E-state index contributed by atoms with van der Waals surface area (Å²) in [6, 6.07) is 0.478. The van der Waals surface area contributed by atoms with E-state index in [1.807, 2.05) is 0 Å². The largest absolute Gasteiger partial charge is 0.396 e. The Bertz CT molecular complexity index is 387. The lowest BCUT2D eigenvalue weighted by Crippen LogP contribution is -2.39. The van der Waals surface area contributed by atoms with Gasteiger partial charge in [0.1, 0.15) is 0 Å². The van der Waals surface area contributed by atoms with Crippen LogP contribution in [0, 0.1) is 0 Å². The Kier molecular flexibility index (Phi) is 3.61. The number of likely N-dealkylation sites (tertiary alicyclic amines) is 1. The molecule has 0 amide bonds. The van der Waals surface area contributed by atoms with Crippen molar-refractivity contribution in [2.24, 2.45) is 0 Å². The highest BCUT2D eigenvalue weighted by atomic mass is 16.5. The van der Waals surface area contributed by atoms with E-state index in [1.165, 1.54) is 32.1 Å². The maximum absolute atomic E-state index is 9.11. The van der Waals surface area contributed by atoms with E-state index >= 15 is 0 Å². The fourth-order valence-corrected chi connectivity index (χ4v) is 2.75. The zero-order valence-corrected chi connectivity index (χ0v) is 10.7. The second kappa shape index (κ2) is 5.36. The van der Waals surface area contributed by atoms with Gasteiger partial charge in [0.15, 0.2) is 5.82 Å². The van der Waals surface area contributed by atoms with E-state index in [9.17, 15) is 0 Å². The molecular weight excluding hydrogens is 230 g/mol. The number of hydrogen-bond donors (Lipinski definition) is 1. The molecule has 18 heavy (non-hydrogen) atoms. The zero-order valence-electron chi connectivity index (χ0n) is 10.7. The van der Waals surface area contributed by atoms with E-state index in [1.54, 1.807) is 0 Å². The van der Waals surface area contributed by atoms with Crippen LogP contribution in [-0.4, -0.2) is 39.3 Å². The number of rotatable bonds is 5. The Morgan fingerprint density at radius 3 is 2.94 bits per heavy atom. The summed E-state index contributed by atoms with van der Waals surface area (Å²) in [6.07, 6.45) is 6.91. The van der Waals surface area contributed by atoms with Crippen LogP contribution in [0.2, 0.25) is 0 Å². The molecule has 0 spiro atoms. The lowest BCUT2D eigenvalue weighted by molar-refractivity contribution is 0.109. The monoisotopic (exact) mass is 251 g/mol. The van der Waals surface area contributed by atoms with E-state index in [-0.39, 0.29) is 6.61 Å². The van der Waals surface area contributed by atoms with Gasteiger partial charge in [0.2, 0.25) is 5.89 Å². The highest BCUT2D eigenvalue weighted by molar-refractivity contribution is 5.01. The highest BCUT2D eigenvalue weighted by Crippen LogP contribution is 2.38. The Hall–Kier alpha value is -0.940. The Balaban J connectivity index is 1.61. The van der Waals surface area contributed by atoms with Gasteiger partial charge in [-0.15, -0.1) is 0 Å². The molecule has 5 heteroatoms. The molecule has 1 atom stereocenters. The summed E-state index contributed by atoms with van der Waals surface area (Å²) in [4.78, 5) is 6.87. The SMILES string of the molecule is OCCC1CCCCN1Cc1noc(C2CC2)n1. The van der Waals surface area contributed by atoms with Gasteiger partial charge in [-0.1, -0.05) is 11.6 Å². The summed E-state index contributed by atoms with van der Waals surface area (Å²) < 4.78 is 5.29. The number of hydrogen-bond acceptors (Lipinski definition) is 5. The predicted octanol–water partition coefficient (Wildman–Crippen LogP) is 1.68. The number of aromatic nitrogens is 2. The van der Waals surface area contributed by atoms with Crippen molar-refractivity contribution in [3.05, 3.63) is 11.7 Å². The Morgan fingerprint density at radius 1 is 1.28 bits per heavy atom. The maximum atomic E-state index is 9.11. The van der Waals surface area contributed by atoms with Crippen LogP contribution in [0.4, 0.5) is 0 Å². The topological polar surface area (TPSA) is 62.4 Å². The van der Waals surface area contributed by atoms with Crippen molar-refractivity contribution in [3.63, 3.8) is 0 Å². The normalized spacial score (nSPS) is 25.5. The molecule has 1 saturated carbocycles. The Morgan fingerprint density at radius 2 is 2.17 bits per heavy atom. The molecule has 2 aliphatic rings. The van der Waals surface area contributed by atoms with E-state index < -0.39 is 0 Å². The second-order valence-corrected chi connectivity index (χ2v) is 5.46. The third kappa shape index (κ3) is 2.72. The van der Waals surface area contributed by atoms with Crippen molar-refractivity contribution in [1.82, 2.24) is 15.0 Å². The molecule has 1 aliphatic carbocycles. The van der Waals surface area contributed by atoms with Crippen LogP contribution in [0.5, 0.6) is 0 Å². The quantitative estimate of drug-likeness (QED) is 0.862. The summed E-state index contributed by atoms with van der Waals surface area (Å²) in [5, 5.41) is 13.2. The number of piperidine rings is 1. The van der Waals surface area contributed by atoms with Crippen LogP contribution in [0.25, 0.3) is 0 Å². The minimum Gasteiger partial charge on any atom is -0.396 e. The summed E-state index contributed by atoms with van der Waals surface area (Å²) in [5.41, 5.74) is 0. The average Bonchev–Trinajstić information content (AvgIpc) is 3.13. The first-order chi connectivity index (χ1) is 8.86. The van der Waals surface area contributed by atoms with Gasteiger partial charge >= 0.3 is 0 Å². The van der Waals surface area contributed by atoms with E-state index in [2.05, 4.69) is 15.0 Å². The molecule has 1 unspecified atom stereocenters. The molecule has 1 aliphatic heterocycles. The van der Waals surface area contributed by atoms with Crippen LogP contribution in [-0.2, 0) is 6.54 Å². The van der Waals surface area contributed by atoms with Gasteiger partial charge in [-0.3, -0.25) is 4.90 Å². The second-order valence-electron chi connectivity index (χ2n) is 5.46. The van der Waals surface area contributed by atoms with Crippen LogP contribution in [0.1, 0.15) is 56.2 Å². The van der Waals surface area contributed by atoms with Gasteiger partial charge in [-0.2, -0.15) is 4.98 Å². The highest BCUT2D eigenvalue weighted by Gasteiger charge is 2.30. The van der Waals surface area contributed by atoms with Gasteiger partial charge < -0.3 is 9.63 Å². The van der Waals surface area contributed by atoms with Crippen LogP contribution < -0.4 is 0 Å². The molecule has 1 saturated heterocycles. The van der Waals surface area contributed by atoms with Crippen molar-refractivity contribution in [1.29, 1.82) is 0 Å². The zero-order chi connectivity index (χ0) is 12.4. The number of nitrogens with zero attached hydrogens (tertiary/aromatic N) is 3. The molecule has 1 N–H and O–H groups in total. The Labute approximate surface area is 107 Å². The van der Waals surface area contributed by atoms with Gasteiger partial charge in [0.05, 0.1) is 6.54 Å². The van der Waals surface area contributed by atoms with Crippen LogP contribution in [0.3, 0.4) is 0 Å². The maximum Gasteiger partial charge on any atom is 0.229 e. The number of aliphatic hydroxyl groups is 1. The predicted molar refractivity (Wildman–Crippen MR) is 66.0 cm³/mol.